The van der Waals surface area contributed by atoms with Gasteiger partial charge in [0.25, 0.3) is 6.29 Å². The molecular weight excluding hydrogens is 444 g/mol. The van der Waals surface area contributed by atoms with Gasteiger partial charge in [-0.05, 0) is 81.0 Å². The Bertz CT molecular complexity index is 929. The van der Waals surface area contributed by atoms with Crippen LogP contribution in [-0.4, -0.2) is 30.3 Å². The molecule has 6 atom stereocenters. The third-order valence-corrected chi connectivity index (χ3v) is 8.63. The van der Waals surface area contributed by atoms with Gasteiger partial charge < -0.3 is 14.2 Å². The van der Waals surface area contributed by atoms with Crippen LogP contribution in [-0.2, 0) is 28.6 Å². The van der Waals surface area contributed by atoms with Crippen LogP contribution in [0.4, 0.5) is 0 Å². The van der Waals surface area contributed by atoms with Gasteiger partial charge in [0.05, 0.1) is 5.57 Å². The van der Waals surface area contributed by atoms with Gasteiger partial charge in [0.15, 0.2) is 0 Å². The van der Waals surface area contributed by atoms with E-state index in [0.29, 0.717) is 23.8 Å². The average molecular weight is 487 g/mol. The summed E-state index contributed by atoms with van der Waals surface area (Å²) in [6.07, 6.45) is 10.2. The summed E-state index contributed by atoms with van der Waals surface area (Å²) in [4.78, 5) is 35.8. The molecule has 1 unspecified atom stereocenters. The molecule has 0 amide bonds. The summed E-state index contributed by atoms with van der Waals surface area (Å²) < 4.78 is 16.2. The first kappa shape index (κ1) is 27.2. The normalized spacial score (nSPS) is 33.1. The monoisotopic (exact) mass is 486 g/mol. The third kappa shape index (κ3) is 6.07. The molecule has 2 aliphatic carbocycles. The fraction of sp³-hybridized carbons (Fsp3) is 0.690. The van der Waals surface area contributed by atoms with Gasteiger partial charge in [-0.1, -0.05) is 38.0 Å². The number of carbonyl (C=O) groups excluding carboxylic acids is 3. The van der Waals surface area contributed by atoms with Crippen molar-refractivity contribution in [3.05, 3.63) is 35.5 Å². The number of allylic oxidation sites excluding steroid dienone is 3. The maximum Gasteiger partial charge on any atom is 0.334 e. The molecule has 1 aliphatic heterocycles. The zero-order chi connectivity index (χ0) is 26.0. The van der Waals surface area contributed by atoms with E-state index in [1.807, 2.05) is 0 Å². The summed E-state index contributed by atoms with van der Waals surface area (Å²) in [6, 6.07) is 0. The van der Waals surface area contributed by atoms with Crippen LogP contribution in [0.1, 0.15) is 92.9 Å². The minimum Gasteiger partial charge on any atom is -0.458 e. The van der Waals surface area contributed by atoms with Crippen molar-refractivity contribution in [1.29, 1.82) is 0 Å². The topological polar surface area (TPSA) is 78.9 Å². The quantitative estimate of drug-likeness (QED) is 0.285. The lowest BCUT2D eigenvalue weighted by Gasteiger charge is -2.54. The highest BCUT2D eigenvalue weighted by Crippen LogP contribution is 2.60. The highest BCUT2D eigenvalue weighted by atomic mass is 16.7. The number of fused-ring (bicyclic) bond motifs is 1. The van der Waals surface area contributed by atoms with E-state index in [0.717, 1.165) is 32.1 Å². The van der Waals surface area contributed by atoms with Gasteiger partial charge in [0.1, 0.15) is 6.10 Å². The predicted octanol–water partition coefficient (Wildman–Crippen LogP) is 6.21. The minimum atomic E-state index is -1.16. The largest absolute Gasteiger partial charge is 0.458 e. The van der Waals surface area contributed by atoms with Crippen molar-refractivity contribution in [1.82, 2.24) is 0 Å². The number of cyclic esters (lactones) is 1. The first-order chi connectivity index (χ1) is 16.4. The molecule has 1 heterocycles. The Morgan fingerprint density at radius 3 is 2.54 bits per heavy atom. The SMILES string of the molecule is C=C(C)CCC[C@@]1(C)CCC=C2[C@@H]1CC[C@@H](C)[C@]2(C)C[C@H](OC(C)=O)C1=CC(=O)OC1OC(C)=O. The van der Waals surface area contributed by atoms with Crippen LogP contribution in [0, 0.1) is 22.7 Å². The van der Waals surface area contributed by atoms with E-state index in [1.165, 1.54) is 43.9 Å². The second-order valence-corrected chi connectivity index (χ2v) is 11.4. The van der Waals surface area contributed by atoms with Gasteiger partial charge in [0.2, 0.25) is 0 Å². The molecule has 1 fully saturated rings. The van der Waals surface area contributed by atoms with Gasteiger partial charge in [-0.25, -0.2) is 4.79 Å². The van der Waals surface area contributed by atoms with Gasteiger partial charge in [-0.2, -0.15) is 0 Å². The van der Waals surface area contributed by atoms with Crippen molar-refractivity contribution in [3.8, 4) is 0 Å². The summed E-state index contributed by atoms with van der Waals surface area (Å²) in [6.45, 7) is 15.8. The molecule has 3 aliphatic rings. The number of carbonyl (C=O) groups is 3. The van der Waals surface area contributed by atoms with E-state index < -0.39 is 30.3 Å². The van der Waals surface area contributed by atoms with E-state index in [-0.39, 0.29) is 10.8 Å². The van der Waals surface area contributed by atoms with Crippen molar-refractivity contribution in [2.24, 2.45) is 22.7 Å². The molecule has 6 heteroatoms. The Kier molecular flexibility index (Phi) is 8.33. The molecule has 0 spiro atoms. The first-order valence-electron chi connectivity index (χ1n) is 13.0. The summed E-state index contributed by atoms with van der Waals surface area (Å²) in [7, 11) is 0. The Morgan fingerprint density at radius 1 is 1.20 bits per heavy atom. The van der Waals surface area contributed by atoms with Crippen LogP contribution in [0.25, 0.3) is 0 Å². The molecular formula is C29H42O6. The first-order valence-corrected chi connectivity index (χ1v) is 13.0. The molecule has 0 saturated heterocycles. The molecule has 0 aromatic rings. The van der Waals surface area contributed by atoms with Gasteiger partial charge in [-0.15, -0.1) is 6.58 Å². The van der Waals surface area contributed by atoms with Crippen LogP contribution in [0.5, 0.6) is 0 Å². The van der Waals surface area contributed by atoms with Crippen molar-refractivity contribution in [2.75, 3.05) is 0 Å². The molecule has 194 valence electrons. The summed E-state index contributed by atoms with van der Waals surface area (Å²) in [5.41, 5.74) is 3.08. The van der Waals surface area contributed by atoms with Crippen LogP contribution in [0.2, 0.25) is 0 Å². The number of hydrogen-bond donors (Lipinski definition) is 0. The van der Waals surface area contributed by atoms with E-state index in [1.54, 1.807) is 0 Å². The Morgan fingerprint density at radius 2 is 1.91 bits per heavy atom. The van der Waals surface area contributed by atoms with Crippen molar-refractivity contribution < 1.29 is 28.6 Å². The molecule has 0 N–H and O–H groups in total. The molecule has 35 heavy (non-hydrogen) atoms. The standard InChI is InChI=1S/C29H42O6/c1-18(2)10-8-14-28(6)15-9-11-24-23(28)13-12-19(3)29(24,7)17-25(33-20(4)30)22-16-26(32)35-27(22)34-21(5)31/h11,16,19,23,25,27H,1,8-10,12-15,17H2,2-7H3/t19-,23+,25+,27?,28+,29+/m1/s1. The number of esters is 3. The van der Waals surface area contributed by atoms with Crippen molar-refractivity contribution >= 4 is 17.9 Å². The second kappa shape index (κ2) is 10.7. The fourth-order valence-electron chi connectivity index (χ4n) is 6.53. The summed E-state index contributed by atoms with van der Waals surface area (Å²) in [5.74, 6) is -0.755. The smallest absolute Gasteiger partial charge is 0.334 e. The Labute approximate surface area is 210 Å². The molecule has 1 saturated carbocycles. The second-order valence-electron chi connectivity index (χ2n) is 11.4. The molecule has 3 rings (SSSR count). The van der Waals surface area contributed by atoms with Crippen molar-refractivity contribution in [2.45, 2.75) is 105 Å². The fourth-order valence-corrected chi connectivity index (χ4v) is 6.53. The predicted molar refractivity (Wildman–Crippen MR) is 134 cm³/mol. The zero-order valence-corrected chi connectivity index (χ0v) is 22.3. The lowest BCUT2D eigenvalue weighted by molar-refractivity contribution is -0.174. The van der Waals surface area contributed by atoms with Gasteiger partial charge in [0, 0.05) is 19.9 Å². The van der Waals surface area contributed by atoms with E-state index in [2.05, 4.69) is 40.3 Å². The van der Waals surface area contributed by atoms with Crippen molar-refractivity contribution in [3.63, 3.8) is 0 Å². The Balaban J connectivity index is 1.91. The highest BCUT2D eigenvalue weighted by molar-refractivity contribution is 5.86. The number of hydrogen-bond acceptors (Lipinski definition) is 6. The molecule has 0 bridgehead atoms. The van der Waals surface area contributed by atoms with Gasteiger partial charge in [-0.3, -0.25) is 9.59 Å². The molecule has 0 radical (unpaired) electrons. The summed E-state index contributed by atoms with van der Waals surface area (Å²) >= 11 is 0. The minimum absolute atomic E-state index is 0.226. The van der Waals surface area contributed by atoms with E-state index in [4.69, 9.17) is 14.2 Å². The maximum atomic E-state index is 12.1. The van der Waals surface area contributed by atoms with Crippen LogP contribution in [0.3, 0.4) is 0 Å². The Hall–Kier alpha value is -2.37. The maximum absolute atomic E-state index is 12.1. The molecule has 0 aromatic heterocycles. The summed E-state index contributed by atoms with van der Waals surface area (Å²) in [5, 5.41) is 0. The van der Waals surface area contributed by atoms with E-state index >= 15 is 0 Å². The van der Waals surface area contributed by atoms with E-state index in [9.17, 15) is 14.4 Å². The van der Waals surface area contributed by atoms with Gasteiger partial charge >= 0.3 is 17.9 Å². The highest BCUT2D eigenvalue weighted by Gasteiger charge is 2.51. The zero-order valence-electron chi connectivity index (χ0n) is 22.3. The third-order valence-electron chi connectivity index (χ3n) is 8.63. The molecule has 0 aromatic carbocycles. The number of ether oxygens (including phenoxy) is 3. The molecule has 6 nitrogen and oxygen atoms in total. The average Bonchev–Trinajstić information content (AvgIpc) is 3.09. The lowest BCUT2D eigenvalue weighted by atomic mass is 9.50. The van der Waals surface area contributed by atoms with Crippen LogP contribution < -0.4 is 0 Å². The number of rotatable bonds is 9. The van der Waals surface area contributed by atoms with Crippen LogP contribution in [0.15, 0.2) is 35.5 Å². The van der Waals surface area contributed by atoms with Crippen LogP contribution >= 0.6 is 0 Å². The lowest BCUT2D eigenvalue weighted by Crippen LogP contribution is -2.46.